The lowest BCUT2D eigenvalue weighted by Gasteiger charge is -2.06. The zero-order chi connectivity index (χ0) is 18.6. The summed E-state index contributed by atoms with van der Waals surface area (Å²) in [6.07, 6.45) is 1.01. The molecule has 0 aliphatic carbocycles. The summed E-state index contributed by atoms with van der Waals surface area (Å²) in [5.41, 5.74) is 6.17. The zero-order valence-electron chi connectivity index (χ0n) is 13.1. The maximum atomic E-state index is 13.9. The van der Waals surface area contributed by atoms with Gasteiger partial charge in [0.15, 0.2) is 16.4 Å². The highest BCUT2D eigenvalue weighted by Gasteiger charge is 2.10. The van der Waals surface area contributed by atoms with E-state index in [1.807, 2.05) is 0 Å². The van der Waals surface area contributed by atoms with E-state index in [0.29, 0.717) is 5.69 Å². The molecule has 8 heteroatoms. The Morgan fingerprint density at radius 2 is 1.88 bits per heavy atom. The van der Waals surface area contributed by atoms with E-state index in [1.165, 1.54) is 18.2 Å². The Bertz CT molecular complexity index is 990. The lowest BCUT2D eigenvalue weighted by atomic mass is 10.1. The van der Waals surface area contributed by atoms with Crippen LogP contribution < -0.4 is 10.5 Å². The van der Waals surface area contributed by atoms with Gasteiger partial charge in [0.25, 0.3) is 0 Å². The predicted molar refractivity (Wildman–Crippen MR) is 89.5 cm³/mol. The standard InChI is InChI=1S/C17H14FNO5S/c1-25(22,23)14-5-6-15(18)11(9-14)2-3-12-8-13(19)4-7-16(12)24-10-17(20)21/h4-9H,10,19H2,1H3,(H,20,21). The van der Waals surface area contributed by atoms with Crippen molar-refractivity contribution in [2.45, 2.75) is 4.90 Å². The molecule has 0 aliphatic rings. The van der Waals surface area contributed by atoms with Crippen LogP contribution in [0, 0.1) is 17.7 Å². The van der Waals surface area contributed by atoms with Gasteiger partial charge in [-0.3, -0.25) is 0 Å². The molecule has 0 unspecified atom stereocenters. The molecule has 0 bridgehead atoms. The highest BCUT2D eigenvalue weighted by molar-refractivity contribution is 7.90. The molecular formula is C17H14FNO5S. The second kappa shape index (κ2) is 7.23. The lowest BCUT2D eigenvalue weighted by Crippen LogP contribution is -2.10. The molecule has 0 radical (unpaired) electrons. The predicted octanol–water partition coefficient (Wildman–Crippen LogP) is 1.67. The number of aliphatic carboxylic acids is 1. The molecule has 0 amide bonds. The summed E-state index contributed by atoms with van der Waals surface area (Å²) in [5, 5.41) is 8.68. The molecule has 130 valence electrons. The number of ether oxygens (including phenoxy) is 1. The van der Waals surface area contributed by atoms with Gasteiger partial charge in [0, 0.05) is 11.9 Å². The van der Waals surface area contributed by atoms with E-state index in [2.05, 4.69) is 11.8 Å². The minimum absolute atomic E-state index is 0.0619. The van der Waals surface area contributed by atoms with Gasteiger partial charge in [-0.25, -0.2) is 17.6 Å². The Kier molecular flexibility index (Phi) is 5.29. The fourth-order valence-electron chi connectivity index (χ4n) is 1.88. The van der Waals surface area contributed by atoms with E-state index in [-0.39, 0.29) is 21.8 Å². The number of carboxylic acid groups (broad SMARTS) is 1. The Hall–Kier alpha value is -3.05. The zero-order valence-corrected chi connectivity index (χ0v) is 13.9. The third-order valence-electron chi connectivity index (χ3n) is 3.05. The van der Waals surface area contributed by atoms with Gasteiger partial charge in [-0.2, -0.15) is 0 Å². The van der Waals surface area contributed by atoms with Crippen molar-refractivity contribution in [2.75, 3.05) is 18.6 Å². The van der Waals surface area contributed by atoms with E-state index >= 15 is 0 Å². The molecule has 2 rings (SSSR count). The summed E-state index contributed by atoms with van der Waals surface area (Å²) < 4.78 is 42.1. The third-order valence-corrected chi connectivity index (χ3v) is 4.16. The topological polar surface area (TPSA) is 107 Å². The Labute approximate surface area is 144 Å². The number of hydrogen-bond donors (Lipinski definition) is 2. The number of anilines is 1. The summed E-state index contributed by atoms with van der Waals surface area (Å²) in [5.74, 6) is 3.48. The molecule has 0 heterocycles. The fraction of sp³-hybridized carbons (Fsp3) is 0.118. The molecule has 25 heavy (non-hydrogen) atoms. The number of nitrogens with two attached hydrogens (primary N) is 1. The first kappa shape index (κ1) is 18.3. The highest BCUT2D eigenvalue weighted by atomic mass is 32.2. The van der Waals surface area contributed by atoms with Crippen molar-refractivity contribution in [3.63, 3.8) is 0 Å². The molecule has 0 aliphatic heterocycles. The van der Waals surface area contributed by atoms with Gasteiger partial charge in [0.05, 0.1) is 16.0 Å². The first-order valence-corrected chi connectivity index (χ1v) is 8.81. The van der Waals surface area contributed by atoms with Crippen molar-refractivity contribution in [2.24, 2.45) is 0 Å². The molecular weight excluding hydrogens is 349 g/mol. The molecule has 0 aromatic heterocycles. The van der Waals surface area contributed by atoms with Crippen LogP contribution in [0.5, 0.6) is 5.75 Å². The van der Waals surface area contributed by atoms with Crippen LogP contribution in [0.1, 0.15) is 11.1 Å². The van der Waals surface area contributed by atoms with Crippen molar-refractivity contribution < 1.29 is 27.4 Å². The molecule has 0 spiro atoms. The number of benzene rings is 2. The van der Waals surface area contributed by atoms with Gasteiger partial charge in [-0.15, -0.1) is 0 Å². The molecule has 3 N–H and O–H groups in total. The van der Waals surface area contributed by atoms with Gasteiger partial charge in [0.2, 0.25) is 0 Å². The summed E-state index contributed by atoms with van der Waals surface area (Å²) in [4.78, 5) is 10.6. The number of carboxylic acids is 1. The minimum Gasteiger partial charge on any atom is -0.481 e. The van der Waals surface area contributed by atoms with Crippen molar-refractivity contribution in [1.29, 1.82) is 0 Å². The number of carbonyl (C=O) groups is 1. The van der Waals surface area contributed by atoms with Crippen LogP contribution in [-0.2, 0) is 14.6 Å². The SMILES string of the molecule is CS(=O)(=O)c1ccc(F)c(C#Cc2cc(N)ccc2OCC(=O)O)c1. The number of sulfone groups is 1. The smallest absolute Gasteiger partial charge is 0.341 e. The number of nitrogen functional groups attached to an aromatic ring is 1. The van der Waals surface area contributed by atoms with E-state index in [4.69, 9.17) is 15.6 Å². The first-order chi connectivity index (χ1) is 11.7. The number of hydrogen-bond acceptors (Lipinski definition) is 5. The molecule has 6 nitrogen and oxygen atoms in total. The minimum atomic E-state index is -3.50. The summed E-state index contributed by atoms with van der Waals surface area (Å²) in [6.45, 7) is -0.573. The van der Waals surface area contributed by atoms with Crippen LogP contribution in [0.2, 0.25) is 0 Å². The molecule has 0 saturated carbocycles. The Balaban J connectivity index is 2.44. The second-order valence-electron chi connectivity index (χ2n) is 5.10. The molecule has 0 atom stereocenters. The maximum Gasteiger partial charge on any atom is 0.341 e. The molecule has 2 aromatic carbocycles. The summed E-state index contributed by atoms with van der Waals surface area (Å²) in [7, 11) is -3.50. The van der Waals surface area contributed by atoms with Gasteiger partial charge in [-0.05, 0) is 36.4 Å². The molecule has 0 fully saturated rings. The monoisotopic (exact) mass is 363 g/mol. The highest BCUT2D eigenvalue weighted by Crippen LogP contribution is 2.21. The lowest BCUT2D eigenvalue weighted by molar-refractivity contribution is -0.139. The third kappa shape index (κ3) is 4.96. The quantitative estimate of drug-likeness (QED) is 0.486. The largest absolute Gasteiger partial charge is 0.481 e. The van der Waals surface area contributed by atoms with Crippen LogP contribution in [-0.4, -0.2) is 32.4 Å². The number of rotatable bonds is 4. The first-order valence-electron chi connectivity index (χ1n) is 6.92. The second-order valence-corrected chi connectivity index (χ2v) is 7.12. The van der Waals surface area contributed by atoms with Crippen molar-refractivity contribution >= 4 is 21.5 Å². The van der Waals surface area contributed by atoms with Crippen LogP contribution in [0.15, 0.2) is 41.3 Å². The van der Waals surface area contributed by atoms with Crippen LogP contribution in [0.4, 0.5) is 10.1 Å². The van der Waals surface area contributed by atoms with Crippen LogP contribution in [0.3, 0.4) is 0 Å². The maximum absolute atomic E-state index is 13.9. The van der Waals surface area contributed by atoms with Crippen molar-refractivity contribution in [3.05, 3.63) is 53.3 Å². The van der Waals surface area contributed by atoms with Gasteiger partial charge < -0.3 is 15.6 Å². The molecule has 2 aromatic rings. The number of halogens is 1. The Morgan fingerprint density at radius 3 is 2.52 bits per heavy atom. The van der Waals surface area contributed by atoms with Crippen LogP contribution in [0.25, 0.3) is 0 Å². The van der Waals surface area contributed by atoms with E-state index in [1.54, 1.807) is 0 Å². The van der Waals surface area contributed by atoms with E-state index < -0.39 is 28.2 Å². The summed E-state index contributed by atoms with van der Waals surface area (Å²) >= 11 is 0. The van der Waals surface area contributed by atoms with Gasteiger partial charge in [-0.1, -0.05) is 11.8 Å². The van der Waals surface area contributed by atoms with E-state index in [9.17, 15) is 17.6 Å². The van der Waals surface area contributed by atoms with Crippen molar-refractivity contribution in [3.8, 4) is 17.6 Å². The average molecular weight is 363 g/mol. The molecule has 0 saturated heterocycles. The normalized spacial score (nSPS) is 10.6. The van der Waals surface area contributed by atoms with Gasteiger partial charge >= 0.3 is 5.97 Å². The fourth-order valence-corrected chi connectivity index (χ4v) is 2.52. The summed E-state index contributed by atoms with van der Waals surface area (Å²) in [6, 6.07) is 7.70. The Morgan fingerprint density at radius 1 is 1.20 bits per heavy atom. The van der Waals surface area contributed by atoms with Crippen molar-refractivity contribution in [1.82, 2.24) is 0 Å². The van der Waals surface area contributed by atoms with E-state index in [0.717, 1.165) is 24.5 Å². The van der Waals surface area contributed by atoms with Crippen LogP contribution >= 0.6 is 0 Å². The van der Waals surface area contributed by atoms with Gasteiger partial charge in [0.1, 0.15) is 11.6 Å². The average Bonchev–Trinajstić information content (AvgIpc) is 2.52.